The molecule has 2 heterocycles. The van der Waals surface area contributed by atoms with Crippen LogP contribution in [-0.2, 0) is 0 Å². The molecule has 1 aromatic carbocycles. The predicted molar refractivity (Wildman–Crippen MR) is 57.6 cm³/mol. The Bertz CT molecular complexity index is 418. The van der Waals surface area contributed by atoms with E-state index in [-0.39, 0.29) is 11.7 Å². The first-order chi connectivity index (χ1) is 7.74. The molecule has 4 heteroatoms. The zero-order valence-corrected chi connectivity index (χ0v) is 8.82. The highest BCUT2D eigenvalue weighted by Gasteiger charge is 2.40. The zero-order chi connectivity index (χ0) is 11.1. The second-order valence-corrected chi connectivity index (χ2v) is 4.46. The summed E-state index contributed by atoms with van der Waals surface area (Å²) in [7, 11) is 0. The van der Waals surface area contributed by atoms with Gasteiger partial charge in [-0.2, -0.15) is 0 Å². The van der Waals surface area contributed by atoms with Gasteiger partial charge in [-0.1, -0.05) is 0 Å². The van der Waals surface area contributed by atoms with Crippen LogP contribution in [0.3, 0.4) is 0 Å². The van der Waals surface area contributed by atoms with Crippen molar-refractivity contribution in [1.82, 2.24) is 10.2 Å². The normalized spacial score (nSPS) is 27.4. The van der Waals surface area contributed by atoms with Crippen molar-refractivity contribution in [1.29, 1.82) is 0 Å². The number of fused-ring (bicyclic) bond motifs is 2. The van der Waals surface area contributed by atoms with Crippen molar-refractivity contribution in [2.45, 2.75) is 18.5 Å². The molecule has 2 fully saturated rings. The molecular weight excluding hydrogens is 207 g/mol. The molecular formula is C12H13FN2O. The molecule has 2 aliphatic rings. The van der Waals surface area contributed by atoms with Gasteiger partial charge in [-0.3, -0.25) is 4.79 Å². The van der Waals surface area contributed by atoms with Gasteiger partial charge in [0, 0.05) is 30.7 Å². The van der Waals surface area contributed by atoms with Crippen LogP contribution >= 0.6 is 0 Å². The van der Waals surface area contributed by atoms with Gasteiger partial charge >= 0.3 is 0 Å². The third-order valence-corrected chi connectivity index (χ3v) is 3.41. The average Bonchev–Trinajstić information content (AvgIpc) is 2.91. The lowest BCUT2D eigenvalue weighted by Crippen LogP contribution is -2.46. The topological polar surface area (TPSA) is 32.3 Å². The van der Waals surface area contributed by atoms with E-state index in [2.05, 4.69) is 5.32 Å². The van der Waals surface area contributed by atoms with E-state index in [1.54, 1.807) is 12.1 Å². The van der Waals surface area contributed by atoms with Crippen molar-refractivity contribution < 1.29 is 9.18 Å². The zero-order valence-electron chi connectivity index (χ0n) is 8.82. The standard InChI is InChI=1S/C12H13FN2O/c13-9-3-1-8(2-4-9)12(16)15-7-10-5-11(15)6-14-10/h1-4,10-11,14H,5-7H2. The number of halogens is 1. The van der Waals surface area contributed by atoms with Crippen molar-refractivity contribution in [3.05, 3.63) is 35.6 Å². The van der Waals surface area contributed by atoms with Gasteiger partial charge in [0.15, 0.2) is 0 Å². The lowest BCUT2D eigenvalue weighted by Gasteiger charge is -2.27. The van der Waals surface area contributed by atoms with E-state index >= 15 is 0 Å². The van der Waals surface area contributed by atoms with Crippen LogP contribution in [0.1, 0.15) is 16.8 Å². The highest BCUT2D eigenvalue weighted by Crippen LogP contribution is 2.24. The van der Waals surface area contributed by atoms with Gasteiger partial charge in [0.1, 0.15) is 5.82 Å². The maximum absolute atomic E-state index is 12.7. The van der Waals surface area contributed by atoms with Crippen molar-refractivity contribution in [2.75, 3.05) is 13.1 Å². The molecule has 3 rings (SSSR count). The second-order valence-electron chi connectivity index (χ2n) is 4.46. The highest BCUT2D eigenvalue weighted by molar-refractivity contribution is 5.94. The molecule has 2 aliphatic heterocycles. The molecule has 16 heavy (non-hydrogen) atoms. The summed E-state index contributed by atoms with van der Waals surface area (Å²) in [5.74, 6) is -0.282. The molecule has 2 unspecified atom stereocenters. The van der Waals surface area contributed by atoms with E-state index in [9.17, 15) is 9.18 Å². The summed E-state index contributed by atoms with van der Waals surface area (Å²) in [6.45, 7) is 1.67. The number of amides is 1. The van der Waals surface area contributed by atoms with Gasteiger partial charge in [-0.25, -0.2) is 4.39 Å². The molecule has 2 saturated heterocycles. The molecule has 84 valence electrons. The predicted octanol–water partition coefficient (Wildman–Crippen LogP) is 1.01. The van der Waals surface area contributed by atoms with Crippen molar-refractivity contribution >= 4 is 5.91 Å². The minimum atomic E-state index is -0.304. The van der Waals surface area contributed by atoms with Gasteiger partial charge in [0.25, 0.3) is 5.91 Å². The summed E-state index contributed by atoms with van der Waals surface area (Å²) in [5, 5.41) is 3.35. The van der Waals surface area contributed by atoms with E-state index < -0.39 is 0 Å². The molecule has 1 aromatic rings. The Kier molecular flexibility index (Phi) is 2.17. The Labute approximate surface area is 93.2 Å². The third-order valence-electron chi connectivity index (χ3n) is 3.41. The molecule has 3 nitrogen and oxygen atoms in total. The van der Waals surface area contributed by atoms with Crippen LogP contribution in [0.15, 0.2) is 24.3 Å². The molecule has 2 bridgehead atoms. The first kappa shape index (κ1) is 9.78. The molecule has 0 radical (unpaired) electrons. The average molecular weight is 220 g/mol. The number of likely N-dealkylation sites (tertiary alicyclic amines) is 1. The van der Waals surface area contributed by atoms with E-state index in [4.69, 9.17) is 0 Å². The lowest BCUT2D eigenvalue weighted by atomic mass is 10.2. The molecule has 0 saturated carbocycles. The maximum Gasteiger partial charge on any atom is 0.254 e. The van der Waals surface area contributed by atoms with E-state index in [0.29, 0.717) is 17.6 Å². The van der Waals surface area contributed by atoms with Crippen LogP contribution in [0.5, 0.6) is 0 Å². The van der Waals surface area contributed by atoms with Crippen molar-refractivity contribution in [3.63, 3.8) is 0 Å². The van der Waals surface area contributed by atoms with Crippen LogP contribution in [0.2, 0.25) is 0 Å². The fraction of sp³-hybridized carbons (Fsp3) is 0.417. The Hall–Kier alpha value is -1.42. The first-order valence-electron chi connectivity index (χ1n) is 5.54. The Morgan fingerprint density at radius 1 is 1.38 bits per heavy atom. The number of nitrogens with zero attached hydrogens (tertiary/aromatic N) is 1. The Morgan fingerprint density at radius 2 is 2.12 bits per heavy atom. The summed E-state index contributed by atoms with van der Waals surface area (Å²) in [4.78, 5) is 14.0. The SMILES string of the molecule is O=C(c1ccc(F)cc1)N1CC2CC1CN2. The van der Waals surface area contributed by atoms with Gasteiger partial charge in [0.2, 0.25) is 0 Å². The summed E-state index contributed by atoms with van der Waals surface area (Å²) in [6.07, 6.45) is 1.05. The van der Waals surface area contributed by atoms with E-state index in [0.717, 1.165) is 19.5 Å². The maximum atomic E-state index is 12.7. The number of nitrogens with one attached hydrogen (secondary N) is 1. The van der Waals surface area contributed by atoms with Crippen LogP contribution < -0.4 is 5.32 Å². The van der Waals surface area contributed by atoms with E-state index in [1.165, 1.54) is 12.1 Å². The summed E-state index contributed by atoms with van der Waals surface area (Å²) >= 11 is 0. The van der Waals surface area contributed by atoms with Gasteiger partial charge < -0.3 is 10.2 Å². The molecule has 0 spiro atoms. The van der Waals surface area contributed by atoms with Crippen LogP contribution in [0.4, 0.5) is 4.39 Å². The van der Waals surface area contributed by atoms with E-state index in [1.807, 2.05) is 4.90 Å². The number of hydrogen-bond acceptors (Lipinski definition) is 2. The molecule has 0 aromatic heterocycles. The fourth-order valence-electron chi connectivity index (χ4n) is 2.57. The quantitative estimate of drug-likeness (QED) is 0.766. The first-order valence-corrected chi connectivity index (χ1v) is 5.54. The Morgan fingerprint density at radius 3 is 2.69 bits per heavy atom. The van der Waals surface area contributed by atoms with Gasteiger partial charge in [-0.15, -0.1) is 0 Å². The van der Waals surface area contributed by atoms with Crippen molar-refractivity contribution in [3.8, 4) is 0 Å². The molecule has 1 N–H and O–H groups in total. The number of piperazine rings is 1. The minimum absolute atomic E-state index is 0.0222. The highest BCUT2D eigenvalue weighted by atomic mass is 19.1. The summed E-state index contributed by atoms with van der Waals surface area (Å²) < 4.78 is 12.7. The number of hydrogen-bond donors (Lipinski definition) is 1. The number of carbonyl (C=O) groups excluding carboxylic acids is 1. The van der Waals surface area contributed by atoms with Crippen LogP contribution in [0, 0.1) is 5.82 Å². The van der Waals surface area contributed by atoms with Gasteiger partial charge in [-0.05, 0) is 30.7 Å². The molecule has 0 aliphatic carbocycles. The third kappa shape index (κ3) is 1.50. The smallest absolute Gasteiger partial charge is 0.254 e. The van der Waals surface area contributed by atoms with Crippen molar-refractivity contribution in [2.24, 2.45) is 0 Å². The number of rotatable bonds is 1. The summed E-state index contributed by atoms with van der Waals surface area (Å²) in [5.41, 5.74) is 0.578. The monoisotopic (exact) mass is 220 g/mol. The lowest BCUT2D eigenvalue weighted by molar-refractivity contribution is 0.0716. The number of benzene rings is 1. The van der Waals surface area contributed by atoms with Crippen LogP contribution in [-0.4, -0.2) is 36.0 Å². The fourth-order valence-corrected chi connectivity index (χ4v) is 2.57. The Balaban J connectivity index is 1.80. The largest absolute Gasteiger partial charge is 0.333 e. The molecule has 2 atom stereocenters. The second kappa shape index (κ2) is 3.56. The number of carbonyl (C=O) groups is 1. The molecule has 1 amide bonds. The van der Waals surface area contributed by atoms with Gasteiger partial charge in [0.05, 0.1) is 0 Å². The minimum Gasteiger partial charge on any atom is -0.333 e. The van der Waals surface area contributed by atoms with Crippen LogP contribution in [0.25, 0.3) is 0 Å². The summed E-state index contributed by atoms with van der Waals surface area (Å²) in [6, 6.07) is 6.55.